The van der Waals surface area contributed by atoms with Crippen LogP contribution in [0.25, 0.3) is 16.9 Å². The first-order chi connectivity index (χ1) is 9.65. The van der Waals surface area contributed by atoms with Crippen molar-refractivity contribution < 1.29 is 0 Å². The van der Waals surface area contributed by atoms with E-state index < -0.39 is 0 Å². The van der Waals surface area contributed by atoms with Crippen molar-refractivity contribution in [1.82, 2.24) is 19.3 Å². The van der Waals surface area contributed by atoms with Gasteiger partial charge in [0.05, 0.1) is 11.6 Å². The molecule has 104 valence electrons. The molecule has 0 N–H and O–H groups in total. The molecular formula is C14H14ClIN4. The lowest BCUT2D eigenvalue weighted by Crippen LogP contribution is -2.06. The minimum absolute atomic E-state index is 0.379. The monoisotopic (exact) mass is 400 g/mol. The highest BCUT2D eigenvalue weighted by Crippen LogP contribution is 2.25. The molecule has 0 unspecified atom stereocenters. The van der Waals surface area contributed by atoms with E-state index in [1.165, 1.54) is 3.57 Å². The number of nitrogens with zero attached hydrogens (tertiary/aromatic N) is 4. The van der Waals surface area contributed by atoms with Crippen molar-refractivity contribution in [1.29, 1.82) is 0 Å². The van der Waals surface area contributed by atoms with E-state index in [9.17, 15) is 0 Å². The van der Waals surface area contributed by atoms with E-state index in [1.54, 1.807) is 0 Å². The average molecular weight is 401 g/mol. The summed E-state index contributed by atoms with van der Waals surface area (Å²) in [6.45, 7) is 4.87. The second-order valence-corrected chi connectivity index (χ2v) is 6.06. The summed E-state index contributed by atoms with van der Waals surface area (Å²) in [5.74, 6) is 1.23. The Labute approximate surface area is 135 Å². The number of benzene rings is 1. The van der Waals surface area contributed by atoms with Crippen LogP contribution in [0.3, 0.4) is 0 Å². The molecule has 0 saturated heterocycles. The number of aromatic nitrogens is 4. The summed E-state index contributed by atoms with van der Waals surface area (Å²) in [4.78, 5) is 4.64. The van der Waals surface area contributed by atoms with Crippen LogP contribution in [0.5, 0.6) is 0 Å². The molecule has 0 fully saturated rings. The minimum atomic E-state index is 0.379. The molecule has 3 aromatic rings. The number of hydrogen-bond acceptors (Lipinski definition) is 2. The van der Waals surface area contributed by atoms with Crippen molar-refractivity contribution in [3.63, 3.8) is 0 Å². The van der Waals surface area contributed by atoms with E-state index in [-0.39, 0.29) is 0 Å². The average Bonchev–Trinajstić information content (AvgIpc) is 2.97. The van der Waals surface area contributed by atoms with Gasteiger partial charge in [-0.05, 0) is 60.7 Å². The summed E-state index contributed by atoms with van der Waals surface area (Å²) in [5, 5.41) is 4.54. The van der Waals surface area contributed by atoms with E-state index in [4.69, 9.17) is 11.6 Å². The number of fused-ring (bicyclic) bond motifs is 1. The van der Waals surface area contributed by atoms with Crippen LogP contribution < -0.4 is 0 Å². The van der Waals surface area contributed by atoms with E-state index >= 15 is 0 Å². The van der Waals surface area contributed by atoms with Crippen molar-refractivity contribution in [2.24, 2.45) is 0 Å². The highest BCUT2D eigenvalue weighted by Gasteiger charge is 2.18. The predicted octanol–water partition coefficient (Wildman–Crippen LogP) is 3.89. The number of rotatable bonds is 3. The van der Waals surface area contributed by atoms with Gasteiger partial charge in [0, 0.05) is 15.8 Å². The van der Waals surface area contributed by atoms with Crippen molar-refractivity contribution in [3.05, 3.63) is 39.4 Å². The molecule has 3 rings (SSSR count). The Kier molecular flexibility index (Phi) is 3.72. The Hall–Kier alpha value is -1.08. The molecule has 0 amide bonds. The number of imidazole rings is 1. The SMILES string of the molecule is CCn1nc(C)c2nc(CCl)n(-c3ccc(I)cc3)c21. The largest absolute Gasteiger partial charge is 0.280 e. The fourth-order valence-electron chi connectivity index (χ4n) is 2.38. The highest BCUT2D eigenvalue weighted by atomic mass is 127. The Morgan fingerprint density at radius 2 is 1.95 bits per heavy atom. The van der Waals surface area contributed by atoms with Gasteiger partial charge in [-0.25, -0.2) is 9.67 Å². The third-order valence-electron chi connectivity index (χ3n) is 3.28. The van der Waals surface area contributed by atoms with Crippen LogP contribution in [0.4, 0.5) is 0 Å². The topological polar surface area (TPSA) is 35.6 Å². The first-order valence-electron chi connectivity index (χ1n) is 6.42. The minimum Gasteiger partial charge on any atom is -0.280 e. The van der Waals surface area contributed by atoms with Crippen molar-refractivity contribution in [3.8, 4) is 5.69 Å². The van der Waals surface area contributed by atoms with Crippen molar-refractivity contribution in [2.45, 2.75) is 26.3 Å². The Bertz CT molecular complexity index is 758. The molecule has 0 spiro atoms. The van der Waals surface area contributed by atoms with E-state index in [2.05, 4.69) is 68.4 Å². The Morgan fingerprint density at radius 3 is 2.55 bits per heavy atom. The summed E-state index contributed by atoms with van der Waals surface area (Å²) in [6.07, 6.45) is 0. The zero-order valence-electron chi connectivity index (χ0n) is 11.3. The number of aryl methyl sites for hydroxylation is 2. The van der Waals surface area contributed by atoms with Crippen LogP contribution >= 0.6 is 34.2 Å². The van der Waals surface area contributed by atoms with Crippen LogP contribution in [0.15, 0.2) is 24.3 Å². The van der Waals surface area contributed by atoms with Gasteiger partial charge in [-0.3, -0.25) is 4.57 Å². The molecule has 0 aliphatic heterocycles. The summed E-state index contributed by atoms with van der Waals surface area (Å²) in [6, 6.07) is 8.33. The lowest BCUT2D eigenvalue weighted by atomic mass is 10.3. The van der Waals surface area contributed by atoms with Crippen LogP contribution in [0.1, 0.15) is 18.4 Å². The fraction of sp³-hybridized carbons (Fsp3) is 0.286. The van der Waals surface area contributed by atoms with Gasteiger partial charge in [0.2, 0.25) is 0 Å². The summed E-state index contributed by atoms with van der Waals surface area (Å²) in [7, 11) is 0. The summed E-state index contributed by atoms with van der Waals surface area (Å²) in [5.41, 5.74) is 3.96. The first kappa shape index (κ1) is 13.9. The standard InChI is InChI=1S/C14H14ClIN4/c1-3-19-14-13(9(2)18-19)17-12(8-15)20(14)11-6-4-10(16)5-7-11/h4-7H,3,8H2,1-2H3. The van der Waals surface area contributed by atoms with Crippen molar-refractivity contribution >= 4 is 45.4 Å². The molecule has 0 radical (unpaired) electrons. The molecule has 0 saturated carbocycles. The third-order valence-corrected chi connectivity index (χ3v) is 4.24. The predicted molar refractivity (Wildman–Crippen MR) is 89.5 cm³/mol. The molecular weight excluding hydrogens is 387 g/mol. The van der Waals surface area contributed by atoms with Gasteiger partial charge in [-0.2, -0.15) is 5.10 Å². The van der Waals surface area contributed by atoms with Gasteiger partial charge in [-0.1, -0.05) is 0 Å². The van der Waals surface area contributed by atoms with Crippen LogP contribution in [-0.2, 0) is 12.4 Å². The van der Waals surface area contributed by atoms with Crippen LogP contribution in [0, 0.1) is 10.5 Å². The molecule has 1 aromatic carbocycles. The molecule has 2 heterocycles. The molecule has 0 aliphatic rings. The lowest BCUT2D eigenvalue weighted by molar-refractivity contribution is 0.660. The van der Waals surface area contributed by atoms with Gasteiger partial charge in [0.15, 0.2) is 5.65 Å². The van der Waals surface area contributed by atoms with Gasteiger partial charge < -0.3 is 0 Å². The number of alkyl halides is 1. The van der Waals surface area contributed by atoms with Crippen LogP contribution in [0.2, 0.25) is 0 Å². The smallest absolute Gasteiger partial charge is 0.163 e. The zero-order chi connectivity index (χ0) is 14.3. The second kappa shape index (κ2) is 5.37. The Balaban J connectivity index is 2.34. The van der Waals surface area contributed by atoms with Gasteiger partial charge in [-0.15, -0.1) is 11.6 Å². The number of halogens is 2. The Morgan fingerprint density at radius 1 is 1.25 bits per heavy atom. The lowest BCUT2D eigenvalue weighted by Gasteiger charge is -2.09. The van der Waals surface area contributed by atoms with Gasteiger partial charge in [0.1, 0.15) is 11.3 Å². The molecule has 0 atom stereocenters. The normalized spacial score (nSPS) is 11.4. The molecule has 6 heteroatoms. The second-order valence-electron chi connectivity index (χ2n) is 4.55. The number of hydrogen-bond donors (Lipinski definition) is 0. The molecule has 4 nitrogen and oxygen atoms in total. The maximum atomic E-state index is 6.08. The van der Waals surface area contributed by atoms with Crippen LogP contribution in [-0.4, -0.2) is 19.3 Å². The summed E-state index contributed by atoms with van der Waals surface area (Å²) < 4.78 is 5.28. The van der Waals surface area contributed by atoms with Gasteiger partial charge >= 0.3 is 0 Å². The molecule has 0 bridgehead atoms. The maximum Gasteiger partial charge on any atom is 0.163 e. The van der Waals surface area contributed by atoms with E-state index in [0.29, 0.717) is 5.88 Å². The van der Waals surface area contributed by atoms with E-state index in [1.807, 2.05) is 11.6 Å². The zero-order valence-corrected chi connectivity index (χ0v) is 14.2. The molecule has 0 aliphatic carbocycles. The highest BCUT2D eigenvalue weighted by molar-refractivity contribution is 14.1. The third kappa shape index (κ3) is 2.13. The summed E-state index contributed by atoms with van der Waals surface area (Å²) >= 11 is 8.38. The fourth-order valence-corrected chi connectivity index (χ4v) is 2.92. The quantitative estimate of drug-likeness (QED) is 0.494. The van der Waals surface area contributed by atoms with Crippen molar-refractivity contribution in [2.75, 3.05) is 0 Å². The molecule has 20 heavy (non-hydrogen) atoms. The first-order valence-corrected chi connectivity index (χ1v) is 8.03. The van der Waals surface area contributed by atoms with E-state index in [0.717, 1.165) is 34.9 Å². The van der Waals surface area contributed by atoms with Gasteiger partial charge in [0.25, 0.3) is 0 Å². The maximum absolute atomic E-state index is 6.08. The molecule has 2 aromatic heterocycles.